The summed E-state index contributed by atoms with van der Waals surface area (Å²) >= 11 is 0. The number of hydrogen-bond acceptors (Lipinski definition) is 4. The molecule has 1 aliphatic heterocycles. The van der Waals surface area contributed by atoms with Crippen molar-refractivity contribution in [1.29, 1.82) is 0 Å². The van der Waals surface area contributed by atoms with E-state index in [4.69, 9.17) is 0 Å². The van der Waals surface area contributed by atoms with E-state index in [-0.39, 0.29) is 5.91 Å². The summed E-state index contributed by atoms with van der Waals surface area (Å²) in [5, 5.41) is 0. The van der Waals surface area contributed by atoms with E-state index in [1.165, 1.54) is 11.2 Å². The number of amides is 1. The van der Waals surface area contributed by atoms with Crippen LogP contribution in [0.4, 0.5) is 5.69 Å². The van der Waals surface area contributed by atoms with Crippen molar-refractivity contribution in [2.24, 2.45) is 0 Å². The lowest BCUT2D eigenvalue weighted by Crippen LogP contribution is -2.36. The summed E-state index contributed by atoms with van der Waals surface area (Å²) in [5.74, 6) is -0.0134. The summed E-state index contributed by atoms with van der Waals surface area (Å²) in [6, 6.07) is 5.07. The van der Waals surface area contributed by atoms with E-state index < -0.39 is 10.0 Å². The first-order chi connectivity index (χ1) is 10.8. The molecule has 0 aromatic heterocycles. The molecule has 23 heavy (non-hydrogen) atoms. The van der Waals surface area contributed by atoms with Crippen molar-refractivity contribution in [1.82, 2.24) is 9.21 Å². The maximum absolute atomic E-state index is 12.8. The van der Waals surface area contributed by atoms with Gasteiger partial charge in [-0.15, -0.1) is 0 Å². The second-order valence-electron chi connectivity index (χ2n) is 6.01. The molecule has 1 aromatic rings. The third-order valence-electron chi connectivity index (χ3n) is 4.11. The number of carbonyl (C=O) groups is 1. The molecule has 0 atom stereocenters. The van der Waals surface area contributed by atoms with Crippen molar-refractivity contribution in [2.75, 3.05) is 45.2 Å². The molecule has 0 radical (unpaired) electrons. The monoisotopic (exact) mass is 339 g/mol. The van der Waals surface area contributed by atoms with Crippen LogP contribution in [0.5, 0.6) is 0 Å². The maximum atomic E-state index is 12.8. The van der Waals surface area contributed by atoms with Gasteiger partial charge in [-0.2, -0.15) is 4.31 Å². The lowest BCUT2D eigenvalue weighted by Gasteiger charge is -2.23. The van der Waals surface area contributed by atoms with E-state index in [1.807, 2.05) is 25.9 Å². The molecule has 7 heteroatoms. The van der Waals surface area contributed by atoms with Gasteiger partial charge in [0.05, 0.1) is 4.90 Å². The lowest BCUT2D eigenvalue weighted by molar-refractivity contribution is -0.116. The second-order valence-corrected chi connectivity index (χ2v) is 7.95. The molecule has 1 amide bonds. The van der Waals surface area contributed by atoms with Crippen LogP contribution >= 0.6 is 0 Å². The Balaban J connectivity index is 2.29. The van der Waals surface area contributed by atoms with Crippen molar-refractivity contribution in [3.05, 3.63) is 23.8 Å². The number of nitrogens with zero attached hydrogens (tertiary/aromatic N) is 3. The first kappa shape index (κ1) is 17.9. The predicted molar refractivity (Wildman–Crippen MR) is 91.2 cm³/mol. The highest BCUT2D eigenvalue weighted by atomic mass is 32.2. The van der Waals surface area contributed by atoms with Gasteiger partial charge >= 0.3 is 0 Å². The van der Waals surface area contributed by atoms with Gasteiger partial charge in [0, 0.05) is 38.8 Å². The summed E-state index contributed by atoms with van der Waals surface area (Å²) in [4.78, 5) is 15.6. The SMILES string of the molecule is CCN(CCN(C)C)S(=O)(=O)c1ccc2c(c1)CCN2C(C)=O. The molecule has 0 saturated heterocycles. The Morgan fingerprint density at radius 2 is 1.96 bits per heavy atom. The quantitative estimate of drug-likeness (QED) is 0.780. The first-order valence-electron chi connectivity index (χ1n) is 7.83. The predicted octanol–water partition coefficient (Wildman–Crippen LogP) is 1.17. The average molecular weight is 339 g/mol. The van der Waals surface area contributed by atoms with Gasteiger partial charge in [0.2, 0.25) is 15.9 Å². The smallest absolute Gasteiger partial charge is 0.243 e. The first-order valence-corrected chi connectivity index (χ1v) is 9.27. The molecule has 0 bridgehead atoms. The average Bonchev–Trinajstić information content (AvgIpc) is 2.90. The summed E-state index contributed by atoms with van der Waals surface area (Å²) in [6.45, 7) is 5.57. The fraction of sp³-hybridized carbons (Fsp3) is 0.562. The van der Waals surface area contributed by atoms with Gasteiger partial charge in [-0.05, 0) is 44.3 Å². The molecule has 1 heterocycles. The number of hydrogen-bond donors (Lipinski definition) is 0. The highest BCUT2D eigenvalue weighted by Gasteiger charge is 2.27. The minimum absolute atomic E-state index is 0.0134. The maximum Gasteiger partial charge on any atom is 0.243 e. The molecule has 0 aliphatic carbocycles. The van der Waals surface area contributed by atoms with Gasteiger partial charge in [0.15, 0.2) is 0 Å². The van der Waals surface area contributed by atoms with Crippen LogP contribution in [0.1, 0.15) is 19.4 Å². The van der Waals surface area contributed by atoms with E-state index >= 15 is 0 Å². The largest absolute Gasteiger partial charge is 0.312 e. The van der Waals surface area contributed by atoms with Crippen LogP contribution in [0, 0.1) is 0 Å². The van der Waals surface area contributed by atoms with Gasteiger partial charge in [0.25, 0.3) is 0 Å². The van der Waals surface area contributed by atoms with Crippen molar-refractivity contribution < 1.29 is 13.2 Å². The topological polar surface area (TPSA) is 60.9 Å². The zero-order chi connectivity index (χ0) is 17.2. The molecule has 0 spiro atoms. The third kappa shape index (κ3) is 3.73. The zero-order valence-electron chi connectivity index (χ0n) is 14.2. The number of likely N-dealkylation sites (N-methyl/N-ethyl adjacent to an activating group) is 2. The number of sulfonamides is 1. The Bertz CT molecular complexity index is 686. The zero-order valence-corrected chi connectivity index (χ0v) is 15.1. The fourth-order valence-corrected chi connectivity index (χ4v) is 4.27. The molecule has 0 unspecified atom stereocenters. The van der Waals surface area contributed by atoms with E-state index in [0.29, 0.717) is 37.5 Å². The Kier molecular flexibility index (Phi) is 5.44. The van der Waals surface area contributed by atoms with Crippen molar-refractivity contribution in [3.8, 4) is 0 Å². The second kappa shape index (κ2) is 6.98. The van der Waals surface area contributed by atoms with Gasteiger partial charge in [-0.3, -0.25) is 4.79 Å². The van der Waals surface area contributed by atoms with E-state index in [2.05, 4.69) is 0 Å². The molecule has 1 aromatic carbocycles. The minimum atomic E-state index is -3.50. The third-order valence-corrected chi connectivity index (χ3v) is 6.08. The van der Waals surface area contributed by atoms with Crippen LogP contribution in [-0.2, 0) is 21.2 Å². The molecule has 1 aliphatic rings. The van der Waals surface area contributed by atoms with Crippen LogP contribution in [0.25, 0.3) is 0 Å². The number of carbonyl (C=O) groups excluding carboxylic acids is 1. The number of anilines is 1. The van der Waals surface area contributed by atoms with Gasteiger partial charge in [-0.25, -0.2) is 8.42 Å². The Morgan fingerprint density at radius 3 is 2.52 bits per heavy atom. The molecule has 6 nitrogen and oxygen atoms in total. The van der Waals surface area contributed by atoms with E-state index in [9.17, 15) is 13.2 Å². The Morgan fingerprint density at radius 1 is 1.26 bits per heavy atom. The van der Waals surface area contributed by atoms with Crippen LogP contribution in [0.15, 0.2) is 23.1 Å². The molecule has 2 rings (SSSR count). The molecule has 0 fully saturated rings. The van der Waals surface area contributed by atoms with Gasteiger partial charge in [0.1, 0.15) is 0 Å². The molecular formula is C16H25N3O3S. The summed E-state index contributed by atoms with van der Waals surface area (Å²) in [6.07, 6.45) is 0.697. The van der Waals surface area contributed by atoms with Crippen LogP contribution in [0.2, 0.25) is 0 Å². The van der Waals surface area contributed by atoms with Crippen LogP contribution in [-0.4, -0.2) is 63.8 Å². The normalized spacial score (nSPS) is 14.6. The lowest BCUT2D eigenvalue weighted by atomic mass is 10.2. The van der Waals surface area contributed by atoms with E-state index in [1.54, 1.807) is 23.1 Å². The van der Waals surface area contributed by atoms with Crippen LogP contribution < -0.4 is 4.90 Å². The fourth-order valence-electron chi connectivity index (χ4n) is 2.77. The standard InChI is InChI=1S/C16H25N3O3S/c1-5-18(11-10-17(3)4)23(21,22)15-6-7-16-14(12-15)8-9-19(16)13(2)20/h6-7,12H,5,8-11H2,1-4H3. The molecular weight excluding hydrogens is 314 g/mol. The minimum Gasteiger partial charge on any atom is -0.312 e. The summed E-state index contributed by atoms with van der Waals surface area (Å²) < 4.78 is 27.1. The molecule has 0 N–H and O–H groups in total. The Labute approximate surface area is 138 Å². The van der Waals surface area contributed by atoms with Gasteiger partial charge < -0.3 is 9.80 Å². The van der Waals surface area contributed by atoms with Crippen LogP contribution in [0.3, 0.4) is 0 Å². The number of fused-ring (bicyclic) bond motifs is 1. The summed E-state index contributed by atoms with van der Waals surface area (Å²) in [5.41, 5.74) is 1.75. The summed E-state index contributed by atoms with van der Waals surface area (Å²) in [7, 11) is 0.343. The highest BCUT2D eigenvalue weighted by Crippen LogP contribution is 2.31. The molecule has 0 saturated carbocycles. The number of benzene rings is 1. The Hall–Kier alpha value is -1.44. The van der Waals surface area contributed by atoms with Gasteiger partial charge in [-0.1, -0.05) is 6.92 Å². The van der Waals surface area contributed by atoms with E-state index in [0.717, 1.165) is 11.3 Å². The number of rotatable bonds is 6. The highest BCUT2D eigenvalue weighted by molar-refractivity contribution is 7.89. The van der Waals surface area contributed by atoms with Crippen molar-refractivity contribution >= 4 is 21.6 Å². The van der Waals surface area contributed by atoms with Crippen molar-refractivity contribution in [3.63, 3.8) is 0 Å². The van der Waals surface area contributed by atoms with Crippen molar-refractivity contribution in [2.45, 2.75) is 25.2 Å². The molecule has 128 valence electrons.